The maximum atomic E-state index is 6.44. The van der Waals surface area contributed by atoms with Gasteiger partial charge in [-0.05, 0) is 74.9 Å². The third-order valence-corrected chi connectivity index (χ3v) is 7.72. The van der Waals surface area contributed by atoms with E-state index in [1.54, 1.807) is 6.33 Å². The zero-order valence-electron chi connectivity index (χ0n) is 20.4. The number of nitrogen functional groups attached to an aromatic ring is 1. The van der Waals surface area contributed by atoms with E-state index in [4.69, 9.17) is 15.5 Å². The molecule has 180 valence electrons. The molecule has 6 heteroatoms. The van der Waals surface area contributed by atoms with Crippen molar-refractivity contribution in [2.45, 2.75) is 45.3 Å². The first kappa shape index (κ1) is 22.1. The zero-order valence-corrected chi connectivity index (χ0v) is 20.4. The summed E-state index contributed by atoms with van der Waals surface area (Å²) in [5.41, 5.74) is 12.0. The predicted molar refractivity (Wildman–Crippen MR) is 140 cm³/mol. The second-order valence-corrected chi connectivity index (χ2v) is 10.1. The van der Waals surface area contributed by atoms with E-state index in [1.807, 2.05) is 30.3 Å². The van der Waals surface area contributed by atoms with Crippen LogP contribution < -0.4 is 10.5 Å². The number of rotatable bonds is 7. The minimum atomic E-state index is 0.464. The summed E-state index contributed by atoms with van der Waals surface area (Å²) < 4.78 is 8.54. The molecule has 35 heavy (non-hydrogen) atoms. The molecule has 2 fully saturated rings. The van der Waals surface area contributed by atoms with Crippen LogP contribution in [0.1, 0.15) is 43.0 Å². The molecule has 6 nitrogen and oxygen atoms in total. The van der Waals surface area contributed by atoms with Crippen LogP contribution in [0.4, 0.5) is 5.82 Å². The van der Waals surface area contributed by atoms with Crippen LogP contribution in [0.5, 0.6) is 5.75 Å². The smallest absolute Gasteiger partial charge is 0.146 e. The van der Waals surface area contributed by atoms with Crippen LogP contribution in [0.25, 0.3) is 22.2 Å². The maximum Gasteiger partial charge on any atom is 0.146 e. The highest BCUT2D eigenvalue weighted by Gasteiger charge is 2.35. The molecule has 0 radical (unpaired) electrons. The first-order chi connectivity index (χ1) is 17.2. The lowest BCUT2D eigenvalue weighted by Crippen LogP contribution is -2.36. The Bertz CT molecular complexity index is 1320. The van der Waals surface area contributed by atoms with Crippen LogP contribution in [-0.4, -0.2) is 39.1 Å². The van der Waals surface area contributed by atoms with Crippen molar-refractivity contribution in [3.05, 3.63) is 72.2 Å². The van der Waals surface area contributed by atoms with E-state index < -0.39 is 0 Å². The van der Waals surface area contributed by atoms with Crippen LogP contribution in [0, 0.1) is 12.8 Å². The topological polar surface area (TPSA) is 69.2 Å². The molecule has 1 aliphatic heterocycles. The monoisotopic (exact) mass is 467 g/mol. The fourth-order valence-electron chi connectivity index (χ4n) is 5.95. The molecule has 4 aromatic rings. The minimum Gasteiger partial charge on any atom is -0.489 e. The van der Waals surface area contributed by atoms with Gasteiger partial charge in [-0.2, -0.15) is 0 Å². The van der Waals surface area contributed by atoms with Crippen molar-refractivity contribution >= 4 is 16.9 Å². The van der Waals surface area contributed by atoms with Crippen molar-refractivity contribution in [2.75, 3.05) is 25.4 Å². The Morgan fingerprint density at radius 2 is 1.80 bits per heavy atom. The molecular weight excluding hydrogens is 434 g/mol. The van der Waals surface area contributed by atoms with Gasteiger partial charge in [0.25, 0.3) is 0 Å². The van der Waals surface area contributed by atoms with Gasteiger partial charge >= 0.3 is 0 Å². The van der Waals surface area contributed by atoms with Gasteiger partial charge in [0, 0.05) is 23.8 Å². The van der Waals surface area contributed by atoms with Gasteiger partial charge in [0.05, 0.1) is 5.39 Å². The highest BCUT2D eigenvalue weighted by atomic mass is 16.5. The second kappa shape index (κ2) is 9.34. The number of hydrogen-bond acceptors (Lipinski definition) is 5. The minimum absolute atomic E-state index is 0.464. The van der Waals surface area contributed by atoms with Crippen LogP contribution in [0.15, 0.2) is 60.9 Å². The standard InChI is InChI=1S/C29H33N5O/c1-20-26(23-10-7-11-25(16-23)35-18-21-8-3-2-4-9-21)27-28(30)31-19-32-29(27)34(20)24-14-22(15-24)17-33-12-5-6-13-33/h2-4,7-11,16,19,22,24H,5-6,12-15,17-18H2,1H3,(H2,30,31,32)/t22-,24+. The van der Waals surface area contributed by atoms with E-state index in [2.05, 4.69) is 45.6 Å². The van der Waals surface area contributed by atoms with Gasteiger partial charge in [-0.25, -0.2) is 9.97 Å². The number of hydrogen-bond donors (Lipinski definition) is 1. The maximum absolute atomic E-state index is 6.44. The fraction of sp³-hybridized carbons (Fsp3) is 0.379. The number of fused-ring (bicyclic) bond motifs is 1. The lowest BCUT2D eigenvalue weighted by Gasteiger charge is -2.39. The molecule has 2 N–H and O–H groups in total. The number of anilines is 1. The van der Waals surface area contributed by atoms with E-state index >= 15 is 0 Å². The Hall–Kier alpha value is -3.38. The SMILES string of the molecule is Cc1c(-c2cccc(OCc3ccccc3)c2)c2c(N)ncnc2n1[C@H]1C[C@@H](CN2CCCC2)C1. The number of aromatic nitrogens is 3. The number of benzene rings is 2. The molecule has 0 unspecified atom stereocenters. The molecule has 2 aromatic heterocycles. The molecule has 1 saturated carbocycles. The van der Waals surface area contributed by atoms with Crippen LogP contribution in [0.2, 0.25) is 0 Å². The molecule has 0 bridgehead atoms. The van der Waals surface area contributed by atoms with Crippen LogP contribution in [-0.2, 0) is 6.61 Å². The van der Waals surface area contributed by atoms with Crippen molar-refractivity contribution in [1.29, 1.82) is 0 Å². The summed E-state index contributed by atoms with van der Waals surface area (Å²) in [7, 11) is 0. The van der Waals surface area contributed by atoms with Crippen molar-refractivity contribution in [1.82, 2.24) is 19.4 Å². The summed E-state index contributed by atoms with van der Waals surface area (Å²) in [5, 5.41) is 0.952. The molecule has 1 aliphatic carbocycles. The van der Waals surface area contributed by atoms with E-state index in [0.29, 0.717) is 18.5 Å². The first-order valence-electron chi connectivity index (χ1n) is 12.8. The largest absolute Gasteiger partial charge is 0.489 e. The average Bonchev–Trinajstić information content (AvgIpc) is 3.47. The highest BCUT2D eigenvalue weighted by molar-refractivity contribution is 6.02. The summed E-state index contributed by atoms with van der Waals surface area (Å²) in [4.78, 5) is 11.7. The second-order valence-electron chi connectivity index (χ2n) is 10.1. The quantitative estimate of drug-likeness (QED) is 0.382. The Morgan fingerprint density at radius 1 is 1.00 bits per heavy atom. The third-order valence-electron chi connectivity index (χ3n) is 7.72. The van der Waals surface area contributed by atoms with Gasteiger partial charge in [0.2, 0.25) is 0 Å². The summed E-state index contributed by atoms with van der Waals surface area (Å²) in [6, 6.07) is 19.0. The zero-order chi connectivity index (χ0) is 23.8. The first-order valence-corrected chi connectivity index (χ1v) is 12.8. The molecule has 1 saturated heterocycles. The number of likely N-dealkylation sites (tertiary alicyclic amines) is 1. The van der Waals surface area contributed by atoms with Gasteiger partial charge in [0.15, 0.2) is 0 Å². The molecule has 0 amide bonds. The molecule has 3 heterocycles. The van der Waals surface area contributed by atoms with Crippen LogP contribution >= 0.6 is 0 Å². The molecule has 0 atom stereocenters. The van der Waals surface area contributed by atoms with Crippen molar-refractivity contribution in [3.8, 4) is 16.9 Å². The van der Waals surface area contributed by atoms with Crippen molar-refractivity contribution in [3.63, 3.8) is 0 Å². The highest BCUT2D eigenvalue weighted by Crippen LogP contribution is 2.45. The molecule has 0 spiro atoms. The Morgan fingerprint density at radius 3 is 2.60 bits per heavy atom. The fourth-order valence-corrected chi connectivity index (χ4v) is 5.95. The molecular formula is C29H33N5O. The summed E-state index contributed by atoms with van der Waals surface area (Å²) in [6.07, 6.45) is 6.70. The Labute approximate surface area is 206 Å². The number of ether oxygens (including phenoxy) is 1. The van der Waals surface area contributed by atoms with Crippen molar-refractivity contribution in [2.24, 2.45) is 5.92 Å². The normalized spacial score (nSPS) is 20.3. The van der Waals surface area contributed by atoms with Gasteiger partial charge in [-0.15, -0.1) is 0 Å². The lowest BCUT2D eigenvalue weighted by atomic mass is 9.79. The van der Waals surface area contributed by atoms with Gasteiger partial charge in [0.1, 0.15) is 30.1 Å². The van der Waals surface area contributed by atoms with E-state index in [-0.39, 0.29) is 0 Å². The third kappa shape index (κ3) is 4.27. The van der Waals surface area contributed by atoms with Gasteiger partial charge < -0.3 is 19.9 Å². The van der Waals surface area contributed by atoms with Gasteiger partial charge in [-0.1, -0.05) is 42.5 Å². The summed E-state index contributed by atoms with van der Waals surface area (Å²) >= 11 is 0. The molecule has 6 rings (SSSR count). The Kier molecular flexibility index (Phi) is 5.90. The molecule has 2 aliphatic rings. The average molecular weight is 468 g/mol. The Balaban J connectivity index is 1.29. The summed E-state index contributed by atoms with van der Waals surface area (Å²) in [5.74, 6) is 2.15. The van der Waals surface area contributed by atoms with Gasteiger partial charge in [-0.3, -0.25) is 0 Å². The predicted octanol–water partition coefficient (Wildman–Crippen LogP) is 5.61. The lowest BCUT2D eigenvalue weighted by molar-refractivity contribution is 0.144. The summed E-state index contributed by atoms with van der Waals surface area (Å²) in [6.45, 7) is 6.50. The number of nitrogens with two attached hydrogens (primary N) is 1. The van der Waals surface area contributed by atoms with Crippen molar-refractivity contribution < 1.29 is 4.74 Å². The molecule has 2 aromatic carbocycles. The van der Waals surface area contributed by atoms with E-state index in [9.17, 15) is 0 Å². The van der Waals surface area contributed by atoms with E-state index in [0.717, 1.165) is 39.4 Å². The van der Waals surface area contributed by atoms with E-state index in [1.165, 1.54) is 51.0 Å². The van der Waals surface area contributed by atoms with Crippen LogP contribution in [0.3, 0.4) is 0 Å². The number of nitrogens with zero attached hydrogens (tertiary/aromatic N) is 4.